The van der Waals surface area contributed by atoms with Gasteiger partial charge in [-0.05, 0) is 38.1 Å². The number of pyridine rings is 2. The Morgan fingerprint density at radius 1 is 0.875 bits per heavy atom. The van der Waals surface area contributed by atoms with Crippen molar-refractivity contribution in [1.29, 1.82) is 0 Å². The second-order valence-corrected chi connectivity index (χ2v) is 7.66. The van der Waals surface area contributed by atoms with Crippen LogP contribution in [0.2, 0.25) is 0 Å². The Balaban J connectivity index is 1.73. The smallest absolute Gasteiger partial charge is 0.267 e. The second-order valence-electron chi connectivity index (χ2n) is 7.66. The summed E-state index contributed by atoms with van der Waals surface area (Å²) in [4.78, 5) is 16.3. The van der Waals surface area contributed by atoms with Gasteiger partial charge >= 0.3 is 0 Å². The maximum Gasteiger partial charge on any atom is 0.267 e. The zero-order valence-corrected chi connectivity index (χ0v) is 17.7. The van der Waals surface area contributed by atoms with Crippen molar-refractivity contribution in [2.45, 2.75) is 19.9 Å². The van der Waals surface area contributed by atoms with E-state index in [1.54, 1.807) is 36.7 Å². The van der Waals surface area contributed by atoms with Crippen molar-refractivity contribution < 1.29 is 4.74 Å². The summed E-state index contributed by atoms with van der Waals surface area (Å²) in [5.74, 6) is 1.36. The first-order chi connectivity index (χ1) is 15.6. The van der Waals surface area contributed by atoms with Gasteiger partial charge in [0.05, 0.1) is 22.8 Å². The number of benzene rings is 1. The second kappa shape index (κ2) is 8.11. The highest BCUT2D eigenvalue weighted by Gasteiger charge is 2.19. The minimum atomic E-state index is -0.136. The molecule has 4 heterocycles. The standard InChI is InChI=1S/C25H21N5O2/c1-17(2)30-23(31)9-8-21(27-30)24-22-16-20(32-19-10-13-26-14-11-19)12-15-29(22)28-25(24)18-6-4-3-5-7-18/h3-17H,1-2H3. The average molecular weight is 423 g/mol. The molecular formula is C25H21N5O2. The van der Waals surface area contributed by atoms with Gasteiger partial charge in [0.25, 0.3) is 5.56 Å². The fraction of sp³-hybridized carbons (Fsp3) is 0.120. The Kier molecular flexibility index (Phi) is 4.99. The highest BCUT2D eigenvalue weighted by molar-refractivity contribution is 5.91. The van der Waals surface area contributed by atoms with Crippen LogP contribution in [0.1, 0.15) is 19.9 Å². The largest absolute Gasteiger partial charge is 0.457 e. The molecule has 0 saturated carbocycles. The minimum absolute atomic E-state index is 0.0601. The molecule has 0 aliphatic carbocycles. The lowest BCUT2D eigenvalue weighted by atomic mass is 10.0. The molecule has 0 amide bonds. The molecule has 0 N–H and O–H groups in total. The van der Waals surface area contributed by atoms with E-state index in [1.165, 1.54) is 4.68 Å². The first-order valence-electron chi connectivity index (χ1n) is 10.4. The van der Waals surface area contributed by atoms with E-state index in [0.717, 1.165) is 22.3 Å². The summed E-state index contributed by atoms with van der Waals surface area (Å²) in [5, 5.41) is 9.49. The maximum atomic E-state index is 12.3. The van der Waals surface area contributed by atoms with E-state index in [2.05, 4.69) is 10.1 Å². The highest BCUT2D eigenvalue weighted by atomic mass is 16.5. The fourth-order valence-electron chi connectivity index (χ4n) is 3.61. The van der Waals surface area contributed by atoms with Crippen molar-refractivity contribution in [2.24, 2.45) is 0 Å². The zero-order chi connectivity index (χ0) is 22.1. The number of hydrogen-bond acceptors (Lipinski definition) is 5. The van der Waals surface area contributed by atoms with Crippen LogP contribution in [-0.4, -0.2) is 24.4 Å². The molecule has 0 spiro atoms. The summed E-state index contributed by atoms with van der Waals surface area (Å²) in [6, 6.07) is 20.6. The molecule has 7 nitrogen and oxygen atoms in total. The van der Waals surface area contributed by atoms with Crippen molar-refractivity contribution in [1.82, 2.24) is 24.4 Å². The zero-order valence-electron chi connectivity index (χ0n) is 17.7. The molecule has 0 unspecified atom stereocenters. The third kappa shape index (κ3) is 3.65. The van der Waals surface area contributed by atoms with Crippen LogP contribution in [0, 0.1) is 0 Å². The van der Waals surface area contributed by atoms with E-state index in [4.69, 9.17) is 9.84 Å². The number of nitrogens with zero attached hydrogens (tertiary/aromatic N) is 5. The number of aromatic nitrogens is 5. The van der Waals surface area contributed by atoms with Crippen molar-refractivity contribution in [3.63, 3.8) is 0 Å². The predicted octanol–water partition coefficient (Wildman–Crippen LogP) is 4.99. The van der Waals surface area contributed by atoms with Crippen LogP contribution in [-0.2, 0) is 0 Å². The van der Waals surface area contributed by atoms with E-state index < -0.39 is 0 Å². The minimum Gasteiger partial charge on any atom is -0.457 e. The van der Waals surface area contributed by atoms with Gasteiger partial charge in [-0.15, -0.1) is 0 Å². The van der Waals surface area contributed by atoms with Gasteiger partial charge < -0.3 is 4.74 Å². The SMILES string of the molecule is CC(C)n1nc(-c2c(-c3ccccc3)nn3ccc(Oc4ccncc4)cc23)ccc1=O. The lowest BCUT2D eigenvalue weighted by Crippen LogP contribution is -2.23. The molecule has 0 aliphatic rings. The molecule has 0 radical (unpaired) electrons. The quantitative estimate of drug-likeness (QED) is 0.398. The number of hydrogen-bond donors (Lipinski definition) is 0. The third-order valence-electron chi connectivity index (χ3n) is 5.11. The van der Waals surface area contributed by atoms with E-state index >= 15 is 0 Å². The number of rotatable bonds is 5. The van der Waals surface area contributed by atoms with Crippen molar-refractivity contribution in [3.8, 4) is 34.0 Å². The van der Waals surface area contributed by atoms with Crippen LogP contribution >= 0.6 is 0 Å². The Hall–Kier alpha value is -4.26. The van der Waals surface area contributed by atoms with Crippen molar-refractivity contribution in [2.75, 3.05) is 0 Å². The normalized spacial score (nSPS) is 11.2. The lowest BCUT2D eigenvalue weighted by molar-refractivity contribution is 0.481. The Morgan fingerprint density at radius 3 is 2.41 bits per heavy atom. The molecule has 0 fully saturated rings. The molecule has 4 aromatic heterocycles. The van der Waals surface area contributed by atoms with Gasteiger partial charge in [-0.3, -0.25) is 9.78 Å². The van der Waals surface area contributed by atoms with Crippen LogP contribution < -0.4 is 10.3 Å². The summed E-state index contributed by atoms with van der Waals surface area (Å²) in [6.45, 7) is 3.88. The van der Waals surface area contributed by atoms with E-state index in [0.29, 0.717) is 17.2 Å². The molecule has 0 bridgehead atoms. The molecule has 5 aromatic rings. The van der Waals surface area contributed by atoms with Crippen LogP contribution in [0.15, 0.2) is 90.1 Å². The Morgan fingerprint density at radius 2 is 1.66 bits per heavy atom. The highest BCUT2D eigenvalue weighted by Crippen LogP contribution is 2.35. The summed E-state index contributed by atoms with van der Waals surface area (Å²) in [6.07, 6.45) is 5.23. The molecule has 0 saturated heterocycles. The van der Waals surface area contributed by atoms with Crippen LogP contribution in [0.3, 0.4) is 0 Å². The summed E-state index contributed by atoms with van der Waals surface area (Å²) in [5.41, 5.74) is 3.96. The summed E-state index contributed by atoms with van der Waals surface area (Å²) < 4.78 is 9.32. The van der Waals surface area contributed by atoms with Gasteiger partial charge in [0.15, 0.2) is 0 Å². The van der Waals surface area contributed by atoms with Crippen molar-refractivity contribution >= 4 is 5.52 Å². The Labute approximate surface area is 184 Å². The molecule has 158 valence electrons. The monoisotopic (exact) mass is 423 g/mol. The van der Waals surface area contributed by atoms with Crippen molar-refractivity contribution in [3.05, 3.63) is 95.7 Å². The topological polar surface area (TPSA) is 74.3 Å². The van der Waals surface area contributed by atoms with E-state index in [-0.39, 0.29) is 11.6 Å². The molecular weight excluding hydrogens is 402 g/mol. The molecule has 7 heteroatoms. The van der Waals surface area contributed by atoms with Gasteiger partial charge in [0.1, 0.15) is 17.2 Å². The average Bonchev–Trinajstić information content (AvgIpc) is 3.19. The van der Waals surface area contributed by atoms with Gasteiger partial charge in [0.2, 0.25) is 0 Å². The van der Waals surface area contributed by atoms with E-state index in [9.17, 15) is 4.79 Å². The number of ether oxygens (including phenoxy) is 1. The molecule has 0 atom stereocenters. The predicted molar refractivity (Wildman–Crippen MR) is 123 cm³/mol. The molecule has 0 aliphatic heterocycles. The van der Waals surface area contributed by atoms with Gasteiger partial charge in [-0.2, -0.15) is 10.2 Å². The van der Waals surface area contributed by atoms with Crippen LogP contribution in [0.5, 0.6) is 11.5 Å². The molecule has 32 heavy (non-hydrogen) atoms. The van der Waals surface area contributed by atoms with Gasteiger partial charge in [0, 0.05) is 36.3 Å². The number of fused-ring (bicyclic) bond motifs is 1. The molecule has 1 aromatic carbocycles. The van der Waals surface area contributed by atoms with Gasteiger partial charge in [-0.25, -0.2) is 9.20 Å². The summed E-state index contributed by atoms with van der Waals surface area (Å²) >= 11 is 0. The van der Waals surface area contributed by atoms with Crippen LogP contribution in [0.25, 0.3) is 28.0 Å². The first kappa shape index (κ1) is 19.7. The van der Waals surface area contributed by atoms with Crippen LogP contribution in [0.4, 0.5) is 0 Å². The Bertz CT molecular complexity index is 1440. The molecule has 5 rings (SSSR count). The van der Waals surface area contributed by atoms with Gasteiger partial charge in [-0.1, -0.05) is 30.3 Å². The fourth-order valence-corrected chi connectivity index (χ4v) is 3.61. The third-order valence-corrected chi connectivity index (χ3v) is 5.11. The van der Waals surface area contributed by atoms with E-state index in [1.807, 2.05) is 67.0 Å². The summed E-state index contributed by atoms with van der Waals surface area (Å²) in [7, 11) is 0. The maximum absolute atomic E-state index is 12.3. The first-order valence-corrected chi connectivity index (χ1v) is 10.4. The lowest BCUT2D eigenvalue weighted by Gasteiger charge is -2.11.